The van der Waals surface area contributed by atoms with E-state index in [1.54, 1.807) is 0 Å². The lowest BCUT2D eigenvalue weighted by atomic mass is 10.2. The number of amides is 2. The highest BCUT2D eigenvalue weighted by atomic mass is 32.2. The summed E-state index contributed by atoms with van der Waals surface area (Å²) in [6.07, 6.45) is 3.29. The summed E-state index contributed by atoms with van der Waals surface area (Å²) in [5.41, 5.74) is 0. The number of carbonyl (C=O) groups excluding carboxylic acids is 2. The van der Waals surface area contributed by atoms with Crippen molar-refractivity contribution < 1.29 is 19.8 Å². The smallest absolute Gasteiger partial charge is 0.207 e. The van der Waals surface area contributed by atoms with Crippen LogP contribution in [0.3, 0.4) is 0 Å². The molecule has 0 aromatic heterocycles. The third kappa shape index (κ3) is 13.4. The summed E-state index contributed by atoms with van der Waals surface area (Å²) in [5, 5.41) is 24.4. The molecule has 0 fully saturated rings. The highest BCUT2D eigenvalue weighted by molar-refractivity contribution is 7.99. The van der Waals surface area contributed by atoms with Gasteiger partial charge in [0.05, 0.1) is 12.2 Å². The maximum Gasteiger partial charge on any atom is 0.207 e. The first-order valence-electron chi connectivity index (χ1n) is 6.48. The van der Waals surface area contributed by atoms with Crippen LogP contribution in [0, 0.1) is 0 Å². The van der Waals surface area contributed by atoms with Gasteiger partial charge in [-0.3, -0.25) is 9.59 Å². The van der Waals surface area contributed by atoms with Crippen LogP contribution in [0.4, 0.5) is 0 Å². The highest BCUT2D eigenvalue weighted by Gasteiger charge is 2.07. The molecule has 2 atom stereocenters. The van der Waals surface area contributed by atoms with Gasteiger partial charge in [0.25, 0.3) is 0 Å². The second-order valence-electron chi connectivity index (χ2n) is 4.27. The van der Waals surface area contributed by atoms with Gasteiger partial charge in [-0.1, -0.05) is 0 Å². The third-order valence-corrected chi connectivity index (χ3v) is 3.75. The Morgan fingerprint density at radius 3 is 1.68 bits per heavy atom. The number of thioether (sulfide) groups is 1. The molecule has 0 rings (SSSR count). The average Bonchev–Trinajstić information content (AvgIpc) is 2.40. The first-order valence-corrected chi connectivity index (χ1v) is 7.64. The molecule has 0 spiro atoms. The van der Waals surface area contributed by atoms with Crippen LogP contribution in [0.15, 0.2) is 0 Å². The summed E-state index contributed by atoms with van der Waals surface area (Å²) in [7, 11) is 0. The largest absolute Gasteiger partial charge is 0.392 e. The lowest BCUT2D eigenvalue weighted by Gasteiger charge is -2.13. The van der Waals surface area contributed by atoms with Gasteiger partial charge in [0, 0.05) is 24.6 Å². The molecule has 7 heteroatoms. The molecule has 0 aliphatic heterocycles. The third-order valence-electron chi connectivity index (χ3n) is 2.50. The molecule has 0 heterocycles. The molecule has 0 saturated carbocycles. The van der Waals surface area contributed by atoms with Crippen molar-refractivity contribution in [3.8, 4) is 0 Å². The fourth-order valence-electron chi connectivity index (χ4n) is 1.50. The number of hydrogen-bond acceptors (Lipinski definition) is 5. The number of hydrogen-bond donors (Lipinski definition) is 4. The van der Waals surface area contributed by atoms with Crippen LogP contribution in [-0.4, -0.2) is 59.8 Å². The van der Waals surface area contributed by atoms with Gasteiger partial charge < -0.3 is 20.8 Å². The molecule has 2 unspecified atom stereocenters. The van der Waals surface area contributed by atoms with Crippen LogP contribution >= 0.6 is 11.8 Å². The number of nitrogens with one attached hydrogen (secondary N) is 2. The zero-order valence-electron chi connectivity index (χ0n) is 11.1. The molecule has 0 aromatic carbocycles. The van der Waals surface area contributed by atoms with Gasteiger partial charge in [-0.25, -0.2) is 0 Å². The van der Waals surface area contributed by atoms with Crippen molar-refractivity contribution in [1.29, 1.82) is 0 Å². The maximum atomic E-state index is 9.99. The van der Waals surface area contributed by atoms with Crippen LogP contribution in [-0.2, 0) is 9.59 Å². The van der Waals surface area contributed by atoms with Crippen molar-refractivity contribution in [2.24, 2.45) is 0 Å². The second-order valence-corrected chi connectivity index (χ2v) is 5.35. The van der Waals surface area contributed by atoms with Crippen molar-refractivity contribution in [3.63, 3.8) is 0 Å². The molecule has 0 aliphatic rings. The van der Waals surface area contributed by atoms with Gasteiger partial charge in [-0.15, -0.1) is 0 Å². The minimum atomic E-state index is -0.401. The Balaban J connectivity index is 3.34. The zero-order valence-corrected chi connectivity index (χ0v) is 11.9. The van der Waals surface area contributed by atoms with Gasteiger partial charge in [0.2, 0.25) is 12.8 Å². The van der Waals surface area contributed by atoms with Gasteiger partial charge in [-0.05, 0) is 25.7 Å². The van der Waals surface area contributed by atoms with Crippen LogP contribution < -0.4 is 10.6 Å². The van der Waals surface area contributed by atoms with Crippen molar-refractivity contribution in [3.05, 3.63) is 0 Å². The molecule has 0 radical (unpaired) electrons. The van der Waals surface area contributed by atoms with Crippen LogP contribution in [0.25, 0.3) is 0 Å². The highest BCUT2D eigenvalue weighted by Crippen LogP contribution is 2.11. The van der Waals surface area contributed by atoms with E-state index in [1.165, 1.54) is 11.8 Å². The topological polar surface area (TPSA) is 98.7 Å². The van der Waals surface area contributed by atoms with Crippen LogP contribution in [0.2, 0.25) is 0 Å². The molecule has 0 bridgehead atoms. The molecule has 19 heavy (non-hydrogen) atoms. The first-order chi connectivity index (χ1) is 9.20. The fraction of sp³-hybridized carbons (Fsp3) is 0.833. The summed E-state index contributed by atoms with van der Waals surface area (Å²) < 4.78 is 0. The van der Waals surface area contributed by atoms with Crippen molar-refractivity contribution in [2.75, 3.05) is 24.6 Å². The second kappa shape index (κ2) is 13.6. The van der Waals surface area contributed by atoms with E-state index in [2.05, 4.69) is 10.6 Å². The van der Waals surface area contributed by atoms with Crippen molar-refractivity contribution in [1.82, 2.24) is 10.6 Å². The van der Waals surface area contributed by atoms with E-state index in [0.29, 0.717) is 50.3 Å². The van der Waals surface area contributed by atoms with Gasteiger partial charge in [-0.2, -0.15) is 11.8 Å². The number of carbonyl (C=O) groups is 2. The standard InChI is InChI=1S/C12H24N2O4S/c15-9-13-5-1-3-11(17)7-19-8-12(18)4-2-6-14-10-16/h9-12,17-18H,1-8H2,(H,13,15)(H,14,16). The Morgan fingerprint density at radius 2 is 1.32 bits per heavy atom. The number of aliphatic hydroxyl groups is 2. The Morgan fingerprint density at radius 1 is 0.895 bits per heavy atom. The van der Waals surface area contributed by atoms with Crippen molar-refractivity contribution in [2.45, 2.75) is 37.9 Å². The van der Waals surface area contributed by atoms with Crippen LogP contribution in [0.1, 0.15) is 25.7 Å². The fourth-order valence-corrected chi connectivity index (χ4v) is 2.52. The Hall–Kier alpha value is -0.790. The van der Waals surface area contributed by atoms with Crippen LogP contribution in [0.5, 0.6) is 0 Å². The molecule has 0 saturated heterocycles. The Bertz CT molecular complexity index is 210. The Labute approximate surface area is 118 Å². The van der Waals surface area contributed by atoms with E-state index in [1.807, 2.05) is 0 Å². The monoisotopic (exact) mass is 292 g/mol. The van der Waals surface area contributed by atoms with E-state index in [4.69, 9.17) is 0 Å². The molecule has 0 aliphatic carbocycles. The van der Waals surface area contributed by atoms with E-state index < -0.39 is 12.2 Å². The maximum absolute atomic E-state index is 9.99. The quantitative estimate of drug-likeness (QED) is 0.255. The predicted molar refractivity (Wildman–Crippen MR) is 75.9 cm³/mol. The molecular weight excluding hydrogens is 268 g/mol. The molecule has 2 amide bonds. The summed E-state index contributed by atoms with van der Waals surface area (Å²) in [6.45, 7) is 1.16. The lowest BCUT2D eigenvalue weighted by Crippen LogP contribution is -2.19. The zero-order chi connectivity index (χ0) is 14.3. The van der Waals surface area contributed by atoms with Gasteiger partial charge in [0.1, 0.15) is 0 Å². The lowest BCUT2D eigenvalue weighted by molar-refractivity contribution is -0.110. The minimum absolute atomic E-state index is 0.401. The predicted octanol–water partition coefficient (Wildman–Crippen LogP) is -0.506. The summed E-state index contributed by atoms with van der Waals surface area (Å²) >= 11 is 1.52. The first kappa shape index (κ1) is 18.2. The Kier molecular flexibility index (Phi) is 13.1. The number of rotatable bonds is 14. The molecular formula is C12H24N2O4S. The minimum Gasteiger partial charge on any atom is -0.392 e. The van der Waals surface area contributed by atoms with Crippen molar-refractivity contribution >= 4 is 24.6 Å². The average molecular weight is 292 g/mol. The van der Waals surface area contributed by atoms with E-state index in [0.717, 1.165) is 12.8 Å². The molecule has 112 valence electrons. The molecule has 4 N–H and O–H groups in total. The normalized spacial score (nSPS) is 13.6. The summed E-state index contributed by atoms with van der Waals surface area (Å²) in [5.74, 6) is 1.18. The summed E-state index contributed by atoms with van der Waals surface area (Å²) in [4.78, 5) is 20.0. The molecule has 0 aromatic rings. The molecule has 6 nitrogen and oxygen atoms in total. The summed E-state index contributed by atoms with van der Waals surface area (Å²) in [6, 6.07) is 0. The van der Waals surface area contributed by atoms with E-state index >= 15 is 0 Å². The van der Waals surface area contributed by atoms with Gasteiger partial charge in [0.15, 0.2) is 0 Å². The SMILES string of the molecule is O=CNCCCC(O)CSCC(O)CCCNC=O. The van der Waals surface area contributed by atoms with E-state index in [-0.39, 0.29) is 0 Å². The number of aliphatic hydroxyl groups excluding tert-OH is 2. The van der Waals surface area contributed by atoms with E-state index in [9.17, 15) is 19.8 Å². The van der Waals surface area contributed by atoms with Gasteiger partial charge >= 0.3 is 0 Å².